The van der Waals surface area contributed by atoms with Crippen LogP contribution in [0.15, 0.2) is 34.9 Å². The van der Waals surface area contributed by atoms with Crippen molar-refractivity contribution in [3.63, 3.8) is 0 Å². The lowest BCUT2D eigenvalue weighted by Crippen LogP contribution is -2.32. The second-order valence-corrected chi connectivity index (χ2v) is 6.42. The second-order valence-electron chi connectivity index (χ2n) is 6.42. The van der Waals surface area contributed by atoms with Gasteiger partial charge in [0.25, 0.3) is 0 Å². The Bertz CT molecular complexity index is 629. The van der Waals surface area contributed by atoms with E-state index in [0.29, 0.717) is 5.92 Å². The summed E-state index contributed by atoms with van der Waals surface area (Å²) in [6.45, 7) is 7.44. The van der Waals surface area contributed by atoms with Crippen molar-refractivity contribution in [3.05, 3.63) is 42.0 Å². The molecule has 0 aromatic carbocycles. The van der Waals surface area contributed by atoms with Gasteiger partial charge in [0, 0.05) is 32.1 Å². The lowest BCUT2D eigenvalue weighted by Gasteiger charge is -2.22. The summed E-state index contributed by atoms with van der Waals surface area (Å²) < 4.78 is 11.6. The molecule has 0 N–H and O–H groups in total. The molecule has 6 heteroatoms. The van der Waals surface area contributed by atoms with Crippen molar-refractivity contribution in [2.24, 2.45) is 5.92 Å². The molecule has 0 unspecified atom stereocenters. The zero-order valence-corrected chi connectivity index (χ0v) is 13.4. The number of furan rings is 1. The Hall–Kier alpha value is -1.92. The molecular formula is C17H22N4O2. The van der Waals surface area contributed by atoms with Gasteiger partial charge in [0.15, 0.2) is 5.82 Å². The topological polar surface area (TPSA) is 54.6 Å². The third-order valence-corrected chi connectivity index (χ3v) is 4.68. The summed E-state index contributed by atoms with van der Waals surface area (Å²) in [6, 6.07) is 8.04. The van der Waals surface area contributed by atoms with E-state index in [1.807, 2.05) is 31.2 Å². The van der Waals surface area contributed by atoms with E-state index in [1.165, 1.54) is 0 Å². The van der Waals surface area contributed by atoms with Crippen molar-refractivity contribution in [3.8, 4) is 0 Å². The van der Waals surface area contributed by atoms with Crippen LogP contribution in [0, 0.1) is 12.8 Å². The fourth-order valence-electron chi connectivity index (χ4n) is 3.48. The van der Waals surface area contributed by atoms with Gasteiger partial charge >= 0.3 is 0 Å². The van der Waals surface area contributed by atoms with E-state index >= 15 is 0 Å². The number of aromatic nitrogens is 2. The number of hydrogen-bond donors (Lipinski definition) is 0. The van der Waals surface area contributed by atoms with E-state index in [2.05, 4.69) is 20.0 Å². The Labute approximate surface area is 136 Å². The lowest BCUT2D eigenvalue weighted by molar-refractivity contribution is 0.0578. The molecule has 0 bridgehead atoms. The lowest BCUT2D eigenvalue weighted by atomic mass is 10.1. The van der Waals surface area contributed by atoms with Crippen LogP contribution in [0.2, 0.25) is 0 Å². The zero-order valence-electron chi connectivity index (χ0n) is 13.4. The molecule has 2 saturated heterocycles. The predicted octanol–water partition coefficient (Wildman–Crippen LogP) is 1.72. The van der Waals surface area contributed by atoms with E-state index in [-0.39, 0.29) is 6.10 Å². The number of hydrogen-bond acceptors (Lipinski definition) is 6. The first-order chi connectivity index (χ1) is 11.3. The van der Waals surface area contributed by atoms with Crippen molar-refractivity contribution in [1.82, 2.24) is 15.1 Å². The van der Waals surface area contributed by atoms with Crippen LogP contribution in [0.25, 0.3) is 0 Å². The van der Waals surface area contributed by atoms with Gasteiger partial charge < -0.3 is 14.1 Å². The largest absolute Gasteiger partial charge is 0.468 e. The number of rotatable bonds is 3. The summed E-state index contributed by atoms with van der Waals surface area (Å²) in [7, 11) is 0. The molecule has 0 spiro atoms. The first kappa shape index (κ1) is 14.7. The second kappa shape index (κ2) is 6.29. The molecule has 0 radical (unpaired) electrons. The molecule has 2 fully saturated rings. The summed E-state index contributed by atoms with van der Waals surface area (Å²) in [5.41, 5.74) is 0.947. The molecular weight excluding hydrogens is 292 g/mol. The molecule has 23 heavy (non-hydrogen) atoms. The first-order valence-electron chi connectivity index (χ1n) is 8.19. The highest BCUT2D eigenvalue weighted by Gasteiger charge is 2.37. The molecule has 2 atom stereocenters. The smallest absolute Gasteiger partial charge is 0.151 e. The van der Waals surface area contributed by atoms with Gasteiger partial charge in [0.1, 0.15) is 5.76 Å². The molecule has 122 valence electrons. The van der Waals surface area contributed by atoms with E-state index in [0.717, 1.165) is 56.6 Å². The van der Waals surface area contributed by atoms with E-state index in [1.54, 1.807) is 6.26 Å². The van der Waals surface area contributed by atoms with Gasteiger partial charge in [-0.15, -0.1) is 5.10 Å². The molecule has 0 amide bonds. The van der Waals surface area contributed by atoms with Crippen molar-refractivity contribution in [2.75, 3.05) is 37.7 Å². The first-order valence-corrected chi connectivity index (χ1v) is 8.19. The molecule has 0 aliphatic carbocycles. The highest BCUT2D eigenvalue weighted by molar-refractivity contribution is 5.39. The molecule has 2 aromatic rings. The highest BCUT2D eigenvalue weighted by atomic mass is 16.5. The molecule has 4 heterocycles. The number of nitrogens with zero attached hydrogens (tertiary/aromatic N) is 4. The monoisotopic (exact) mass is 314 g/mol. The number of anilines is 1. The Kier molecular flexibility index (Phi) is 4.01. The van der Waals surface area contributed by atoms with Gasteiger partial charge in [-0.05, 0) is 31.2 Å². The van der Waals surface area contributed by atoms with E-state index < -0.39 is 0 Å². The molecule has 2 aliphatic rings. The zero-order chi connectivity index (χ0) is 15.6. The van der Waals surface area contributed by atoms with Gasteiger partial charge in [-0.25, -0.2) is 0 Å². The van der Waals surface area contributed by atoms with Gasteiger partial charge in [0.05, 0.1) is 31.2 Å². The van der Waals surface area contributed by atoms with Gasteiger partial charge in [-0.2, -0.15) is 5.10 Å². The van der Waals surface area contributed by atoms with Crippen molar-refractivity contribution >= 4 is 5.82 Å². The van der Waals surface area contributed by atoms with Gasteiger partial charge in [0.2, 0.25) is 0 Å². The van der Waals surface area contributed by atoms with Gasteiger partial charge in [-0.3, -0.25) is 4.90 Å². The summed E-state index contributed by atoms with van der Waals surface area (Å²) in [6.07, 6.45) is 2.01. The average molecular weight is 314 g/mol. The number of fused-ring (bicyclic) bond motifs is 1. The van der Waals surface area contributed by atoms with Crippen molar-refractivity contribution in [1.29, 1.82) is 0 Å². The Morgan fingerprint density at radius 2 is 2.13 bits per heavy atom. The predicted molar refractivity (Wildman–Crippen MR) is 86.2 cm³/mol. The SMILES string of the molecule is Cc1ccc(N2C[C@H]3CN(Cc4ccco4)CCO[C@H]3C2)nn1. The molecule has 6 nitrogen and oxygen atoms in total. The average Bonchev–Trinajstić information content (AvgIpc) is 3.15. The van der Waals surface area contributed by atoms with Crippen LogP contribution in [0.3, 0.4) is 0 Å². The molecule has 0 saturated carbocycles. The fourth-order valence-corrected chi connectivity index (χ4v) is 3.48. The number of ether oxygens (including phenoxy) is 1. The van der Waals surface area contributed by atoms with Crippen LogP contribution in [-0.2, 0) is 11.3 Å². The van der Waals surface area contributed by atoms with Crippen molar-refractivity contribution < 1.29 is 9.15 Å². The Morgan fingerprint density at radius 1 is 1.17 bits per heavy atom. The maximum atomic E-state index is 6.09. The minimum Gasteiger partial charge on any atom is -0.468 e. The standard InChI is InChI=1S/C17H22N4O2/c1-13-4-5-17(19-18-13)21-10-14-9-20(6-8-23-16(14)12-21)11-15-3-2-7-22-15/h2-5,7,14,16H,6,8-12H2,1H3/t14-,16+/m1/s1. The van der Waals surface area contributed by atoms with Gasteiger partial charge in [-0.1, -0.05) is 0 Å². The Balaban J connectivity index is 1.43. The van der Waals surface area contributed by atoms with Crippen LogP contribution < -0.4 is 4.90 Å². The minimum absolute atomic E-state index is 0.278. The summed E-state index contributed by atoms with van der Waals surface area (Å²) in [5, 5.41) is 8.48. The molecule has 2 aliphatic heterocycles. The molecule has 4 rings (SSSR count). The normalized spacial score (nSPS) is 25.3. The van der Waals surface area contributed by atoms with Crippen LogP contribution >= 0.6 is 0 Å². The van der Waals surface area contributed by atoms with Crippen molar-refractivity contribution in [2.45, 2.75) is 19.6 Å². The van der Waals surface area contributed by atoms with Crippen LogP contribution in [0.4, 0.5) is 5.82 Å². The maximum absolute atomic E-state index is 6.09. The van der Waals surface area contributed by atoms with Crippen LogP contribution in [0.5, 0.6) is 0 Å². The maximum Gasteiger partial charge on any atom is 0.151 e. The van der Waals surface area contributed by atoms with Crippen LogP contribution in [-0.4, -0.2) is 54.0 Å². The Morgan fingerprint density at radius 3 is 2.91 bits per heavy atom. The van der Waals surface area contributed by atoms with E-state index in [9.17, 15) is 0 Å². The van der Waals surface area contributed by atoms with Crippen LogP contribution in [0.1, 0.15) is 11.5 Å². The highest BCUT2D eigenvalue weighted by Crippen LogP contribution is 2.27. The quantitative estimate of drug-likeness (QED) is 0.860. The fraction of sp³-hybridized carbons (Fsp3) is 0.529. The summed E-state index contributed by atoms with van der Waals surface area (Å²) in [5.74, 6) is 2.46. The number of aryl methyl sites for hydroxylation is 1. The molecule has 2 aromatic heterocycles. The summed E-state index contributed by atoms with van der Waals surface area (Å²) in [4.78, 5) is 4.71. The third kappa shape index (κ3) is 3.23. The summed E-state index contributed by atoms with van der Waals surface area (Å²) >= 11 is 0. The third-order valence-electron chi connectivity index (χ3n) is 4.68. The minimum atomic E-state index is 0.278. The van der Waals surface area contributed by atoms with E-state index in [4.69, 9.17) is 9.15 Å².